The maximum Gasteiger partial charge on any atom is 0.0405 e. The molecule has 0 bridgehead atoms. The van der Waals surface area contributed by atoms with E-state index in [1.54, 1.807) is 0 Å². The van der Waals surface area contributed by atoms with Gasteiger partial charge in [0.25, 0.3) is 0 Å². The minimum atomic E-state index is 0.864. The fourth-order valence-corrected chi connectivity index (χ4v) is 1.30. The van der Waals surface area contributed by atoms with Crippen LogP contribution in [0.3, 0.4) is 0 Å². The molecule has 0 unspecified atom stereocenters. The average molecular weight is 147 g/mol. The molecule has 1 aliphatic heterocycles. The van der Waals surface area contributed by atoms with Crippen LogP contribution in [0.5, 0.6) is 0 Å². The Hall–Kier alpha value is -1.02. The quantitative estimate of drug-likeness (QED) is 0.586. The van der Waals surface area contributed by atoms with Gasteiger partial charge in [-0.25, -0.2) is 5.32 Å². The summed E-state index contributed by atoms with van der Waals surface area (Å²) in [5, 5.41) is 7.68. The number of para-hydroxylation sites is 1. The lowest BCUT2D eigenvalue weighted by Crippen LogP contribution is -2.10. The normalized spacial score (nSPS) is 16.4. The van der Waals surface area contributed by atoms with Crippen molar-refractivity contribution < 1.29 is 0 Å². The number of hydrogen-bond acceptors (Lipinski definition) is 1. The summed E-state index contributed by atoms with van der Waals surface area (Å²) in [4.78, 5) is 0. The van der Waals surface area contributed by atoms with E-state index in [4.69, 9.17) is 0 Å². The third-order valence-corrected chi connectivity index (χ3v) is 1.88. The van der Waals surface area contributed by atoms with Gasteiger partial charge in [0, 0.05) is 25.3 Å². The zero-order chi connectivity index (χ0) is 7.52. The van der Waals surface area contributed by atoms with Gasteiger partial charge in [-0.3, -0.25) is 0 Å². The van der Waals surface area contributed by atoms with Crippen molar-refractivity contribution in [3.05, 3.63) is 29.8 Å². The highest BCUT2D eigenvalue weighted by molar-refractivity contribution is 5.51. The summed E-state index contributed by atoms with van der Waals surface area (Å²) in [7, 11) is 0. The van der Waals surface area contributed by atoms with Gasteiger partial charge in [0.15, 0.2) is 0 Å². The molecule has 0 aromatic heterocycles. The van der Waals surface area contributed by atoms with Gasteiger partial charge in [-0.15, -0.1) is 0 Å². The SMILES string of the molecule is c1ccc2c(c1)C[N]CCN2. The molecular weight excluding hydrogens is 136 g/mol. The molecule has 0 amide bonds. The molecule has 2 heteroatoms. The molecule has 11 heavy (non-hydrogen) atoms. The van der Waals surface area contributed by atoms with E-state index in [0.29, 0.717) is 0 Å². The van der Waals surface area contributed by atoms with Crippen LogP contribution in [0.15, 0.2) is 24.3 Å². The monoisotopic (exact) mass is 147 g/mol. The molecule has 0 atom stereocenters. The summed E-state index contributed by atoms with van der Waals surface area (Å²) in [6, 6.07) is 8.34. The Bertz CT molecular complexity index is 220. The van der Waals surface area contributed by atoms with E-state index in [2.05, 4.69) is 34.9 Å². The van der Waals surface area contributed by atoms with E-state index in [9.17, 15) is 0 Å². The van der Waals surface area contributed by atoms with Crippen molar-refractivity contribution in [2.75, 3.05) is 18.4 Å². The third-order valence-electron chi connectivity index (χ3n) is 1.88. The van der Waals surface area contributed by atoms with Gasteiger partial charge in [0.2, 0.25) is 0 Å². The summed E-state index contributed by atoms with van der Waals surface area (Å²) in [6.45, 7) is 2.76. The van der Waals surface area contributed by atoms with Crippen molar-refractivity contribution in [3.63, 3.8) is 0 Å². The van der Waals surface area contributed by atoms with E-state index in [-0.39, 0.29) is 0 Å². The number of benzene rings is 1. The van der Waals surface area contributed by atoms with Gasteiger partial charge in [-0.1, -0.05) is 18.2 Å². The zero-order valence-electron chi connectivity index (χ0n) is 6.38. The van der Waals surface area contributed by atoms with Crippen LogP contribution in [0.4, 0.5) is 5.69 Å². The number of rotatable bonds is 0. The van der Waals surface area contributed by atoms with Gasteiger partial charge in [0.1, 0.15) is 0 Å². The average Bonchev–Trinajstić information content (AvgIpc) is 2.28. The van der Waals surface area contributed by atoms with Crippen LogP contribution in [0.25, 0.3) is 0 Å². The number of hydrogen-bond donors (Lipinski definition) is 1. The van der Waals surface area contributed by atoms with Crippen molar-refractivity contribution in [1.29, 1.82) is 0 Å². The molecule has 0 saturated carbocycles. The Labute approximate surface area is 66.6 Å². The Morgan fingerprint density at radius 3 is 3.18 bits per heavy atom. The van der Waals surface area contributed by atoms with Crippen molar-refractivity contribution in [2.24, 2.45) is 0 Å². The summed E-state index contributed by atoms with van der Waals surface area (Å²) >= 11 is 0. The van der Waals surface area contributed by atoms with Crippen molar-refractivity contribution >= 4 is 5.69 Å². The van der Waals surface area contributed by atoms with E-state index in [1.807, 2.05) is 0 Å². The fraction of sp³-hybridized carbons (Fsp3) is 0.333. The first-order valence-electron chi connectivity index (χ1n) is 3.92. The molecule has 0 aliphatic carbocycles. The fourth-order valence-electron chi connectivity index (χ4n) is 1.30. The molecular formula is C9H11N2. The Balaban J connectivity index is 2.33. The highest BCUT2D eigenvalue weighted by Gasteiger charge is 2.04. The van der Waals surface area contributed by atoms with Crippen LogP contribution in [0.2, 0.25) is 0 Å². The molecule has 1 heterocycles. The third kappa shape index (κ3) is 1.35. The van der Waals surface area contributed by atoms with Crippen LogP contribution in [-0.4, -0.2) is 13.1 Å². The Morgan fingerprint density at radius 2 is 2.18 bits per heavy atom. The minimum absolute atomic E-state index is 0.864. The number of anilines is 1. The first kappa shape index (κ1) is 6.68. The van der Waals surface area contributed by atoms with Crippen LogP contribution in [-0.2, 0) is 6.54 Å². The van der Waals surface area contributed by atoms with Crippen molar-refractivity contribution in [2.45, 2.75) is 6.54 Å². The second-order valence-electron chi connectivity index (χ2n) is 2.69. The van der Waals surface area contributed by atoms with Crippen LogP contribution < -0.4 is 10.6 Å². The Kier molecular flexibility index (Phi) is 1.78. The molecule has 57 valence electrons. The first-order valence-corrected chi connectivity index (χ1v) is 3.92. The van der Waals surface area contributed by atoms with Gasteiger partial charge >= 0.3 is 0 Å². The zero-order valence-corrected chi connectivity index (χ0v) is 6.38. The van der Waals surface area contributed by atoms with Crippen molar-refractivity contribution in [3.8, 4) is 0 Å². The number of nitrogens with one attached hydrogen (secondary N) is 1. The van der Waals surface area contributed by atoms with Crippen LogP contribution in [0.1, 0.15) is 5.56 Å². The number of nitrogens with zero attached hydrogens (tertiary/aromatic N) is 1. The van der Waals surface area contributed by atoms with Crippen LogP contribution >= 0.6 is 0 Å². The predicted molar refractivity (Wildman–Crippen MR) is 45.6 cm³/mol. The maximum absolute atomic E-state index is 4.35. The van der Waals surface area contributed by atoms with E-state index in [1.165, 1.54) is 11.3 Å². The highest BCUT2D eigenvalue weighted by atomic mass is 15.0. The molecule has 1 aromatic rings. The lowest BCUT2D eigenvalue weighted by atomic mass is 10.2. The molecule has 1 radical (unpaired) electrons. The van der Waals surface area contributed by atoms with E-state index >= 15 is 0 Å². The molecule has 1 N–H and O–H groups in total. The minimum Gasteiger partial charge on any atom is -0.383 e. The number of fused-ring (bicyclic) bond motifs is 1. The lowest BCUT2D eigenvalue weighted by Gasteiger charge is -2.04. The van der Waals surface area contributed by atoms with Gasteiger partial charge in [-0.05, 0) is 11.6 Å². The van der Waals surface area contributed by atoms with E-state index in [0.717, 1.165) is 19.6 Å². The molecule has 0 fully saturated rings. The van der Waals surface area contributed by atoms with Crippen LogP contribution in [0, 0.1) is 0 Å². The first-order chi connectivity index (χ1) is 5.47. The summed E-state index contributed by atoms with van der Waals surface area (Å²) in [5.41, 5.74) is 2.55. The second-order valence-corrected chi connectivity index (χ2v) is 2.69. The lowest BCUT2D eigenvalue weighted by molar-refractivity contribution is 0.708. The molecule has 2 rings (SSSR count). The molecule has 1 aliphatic rings. The van der Waals surface area contributed by atoms with Gasteiger partial charge in [-0.2, -0.15) is 0 Å². The second kappa shape index (κ2) is 2.93. The van der Waals surface area contributed by atoms with Crippen molar-refractivity contribution in [1.82, 2.24) is 5.32 Å². The maximum atomic E-state index is 4.35. The standard InChI is InChI=1S/C9H11N2/c1-2-4-9-8(3-1)7-10-5-6-11-9/h1-4,11H,5-7H2. The predicted octanol–water partition coefficient (Wildman–Crippen LogP) is 1.22. The molecule has 0 saturated heterocycles. The highest BCUT2D eigenvalue weighted by Crippen LogP contribution is 2.15. The van der Waals surface area contributed by atoms with E-state index < -0.39 is 0 Å². The summed E-state index contributed by atoms with van der Waals surface area (Å²) in [6.07, 6.45) is 0. The summed E-state index contributed by atoms with van der Waals surface area (Å²) < 4.78 is 0. The van der Waals surface area contributed by atoms with Gasteiger partial charge < -0.3 is 5.32 Å². The molecule has 1 aromatic carbocycles. The molecule has 0 spiro atoms. The van der Waals surface area contributed by atoms with Gasteiger partial charge in [0.05, 0.1) is 0 Å². The smallest absolute Gasteiger partial charge is 0.0405 e. The largest absolute Gasteiger partial charge is 0.383 e. The Morgan fingerprint density at radius 1 is 1.27 bits per heavy atom. The molecule has 2 nitrogen and oxygen atoms in total. The topological polar surface area (TPSA) is 26.1 Å². The summed E-state index contributed by atoms with van der Waals surface area (Å²) in [5.74, 6) is 0.